The van der Waals surface area contributed by atoms with E-state index in [9.17, 15) is 43.2 Å². The van der Waals surface area contributed by atoms with E-state index in [1.165, 1.54) is 199 Å². The summed E-state index contributed by atoms with van der Waals surface area (Å²) < 4.78 is 68.5. The predicted octanol–water partition coefficient (Wildman–Crippen LogP) is 22.6. The SMILES string of the molecule is CCCCCCCCCCCCCCCCCCCCCCCC(=O)O[C@H](COC(=O)CCCCCCCCCCCCC(C)CC)COP(=O)(O)OC[C@@H](O)COP(=O)(O)OC[C@@H](COC(=O)CCCCCCCCC(C)C)OC(=O)CCCCCCCCCCCC(C)C. The van der Waals surface area contributed by atoms with Gasteiger partial charge in [0, 0.05) is 25.7 Å². The first-order chi connectivity index (χ1) is 46.3. The summed E-state index contributed by atoms with van der Waals surface area (Å²) in [4.78, 5) is 72.8. The Morgan fingerprint density at radius 1 is 0.302 bits per heavy atom. The molecule has 0 radical (unpaired) electrons. The molecule has 6 atom stereocenters. The van der Waals surface area contributed by atoms with Crippen LogP contribution in [-0.2, 0) is 65.4 Å². The molecule has 0 aromatic rings. The van der Waals surface area contributed by atoms with E-state index in [2.05, 4.69) is 48.5 Å². The highest BCUT2D eigenvalue weighted by Crippen LogP contribution is 2.45. The predicted molar refractivity (Wildman–Crippen MR) is 391 cm³/mol. The molecule has 0 aromatic carbocycles. The minimum atomic E-state index is -4.96. The number of hydrogen-bond acceptors (Lipinski definition) is 15. The summed E-state index contributed by atoms with van der Waals surface area (Å²) in [6.45, 7) is 11.8. The van der Waals surface area contributed by atoms with E-state index in [-0.39, 0.29) is 25.7 Å². The number of rotatable bonds is 75. The second kappa shape index (κ2) is 67.5. The van der Waals surface area contributed by atoms with Crippen molar-refractivity contribution in [2.24, 2.45) is 17.8 Å². The summed E-state index contributed by atoms with van der Waals surface area (Å²) in [5, 5.41) is 10.6. The van der Waals surface area contributed by atoms with Crippen LogP contribution in [0, 0.1) is 17.8 Å². The average molecular weight is 1410 g/mol. The van der Waals surface area contributed by atoms with Gasteiger partial charge in [0.1, 0.15) is 19.3 Å². The zero-order chi connectivity index (χ0) is 70.9. The maximum absolute atomic E-state index is 13.1. The molecule has 0 aliphatic carbocycles. The Labute approximate surface area is 588 Å². The minimum absolute atomic E-state index is 0.104. The van der Waals surface area contributed by atoms with Crippen molar-refractivity contribution in [2.45, 2.75) is 414 Å². The van der Waals surface area contributed by atoms with E-state index in [0.717, 1.165) is 108 Å². The van der Waals surface area contributed by atoms with E-state index < -0.39 is 97.5 Å². The number of aliphatic hydroxyl groups is 1. The number of phosphoric ester groups is 2. The van der Waals surface area contributed by atoms with Crippen molar-refractivity contribution in [1.29, 1.82) is 0 Å². The van der Waals surface area contributed by atoms with Gasteiger partial charge in [-0.2, -0.15) is 0 Å². The van der Waals surface area contributed by atoms with Crippen molar-refractivity contribution < 1.29 is 80.2 Å². The lowest BCUT2D eigenvalue weighted by atomic mass is 9.99. The molecule has 0 rings (SSSR count). The normalized spacial score (nSPS) is 14.3. The number of carbonyl (C=O) groups excluding carboxylic acids is 4. The fraction of sp³-hybridized carbons (Fsp3) is 0.948. The van der Waals surface area contributed by atoms with Gasteiger partial charge in [0.05, 0.1) is 26.4 Å². The molecule has 0 spiro atoms. The molecule has 0 saturated heterocycles. The van der Waals surface area contributed by atoms with Crippen LogP contribution < -0.4 is 0 Å². The maximum Gasteiger partial charge on any atom is 0.472 e. The monoisotopic (exact) mass is 1410 g/mol. The highest BCUT2D eigenvalue weighted by atomic mass is 31.2. The molecule has 0 aliphatic heterocycles. The third kappa shape index (κ3) is 69.2. The first kappa shape index (κ1) is 94.1. The van der Waals surface area contributed by atoms with Crippen LogP contribution in [0.15, 0.2) is 0 Å². The van der Waals surface area contributed by atoms with Gasteiger partial charge in [-0.3, -0.25) is 37.3 Å². The Kier molecular flexibility index (Phi) is 66.2. The fourth-order valence-corrected chi connectivity index (χ4v) is 13.3. The molecule has 570 valence electrons. The summed E-state index contributed by atoms with van der Waals surface area (Å²) >= 11 is 0. The van der Waals surface area contributed by atoms with Crippen LogP contribution in [0.1, 0.15) is 395 Å². The van der Waals surface area contributed by atoms with Crippen LogP contribution in [0.25, 0.3) is 0 Å². The minimum Gasteiger partial charge on any atom is -0.462 e. The van der Waals surface area contributed by atoms with E-state index in [4.69, 9.17) is 37.0 Å². The zero-order valence-corrected chi connectivity index (χ0v) is 64.6. The van der Waals surface area contributed by atoms with Crippen molar-refractivity contribution in [2.75, 3.05) is 39.6 Å². The van der Waals surface area contributed by atoms with Gasteiger partial charge in [-0.25, -0.2) is 9.13 Å². The molecule has 0 saturated carbocycles. The molecule has 0 fully saturated rings. The van der Waals surface area contributed by atoms with Gasteiger partial charge in [-0.15, -0.1) is 0 Å². The van der Waals surface area contributed by atoms with E-state index in [1.54, 1.807) is 0 Å². The van der Waals surface area contributed by atoms with Crippen LogP contribution >= 0.6 is 15.6 Å². The Hall–Kier alpha value is -1.94. The molecule has 0 heterocycles. The number of carbonyl (C=O) groups is 4. The molecule has 19 heteroatoms. The highest BCUT2D eigenvalue weighted by molar-refractivity contribution is 7.47. The second-order valence-electron chi connectivity index (χ2n) is 28.9. The summed E-state index contributed by atoms with van der Waals surface area (Å²) in [6.07, 6.45) is 54.4. The lowest BCUT2D eigenvalue weighted by Gasteiger charge is -2.21. The number of phosphoric acid groups is 2. The highest BCUT2D eigenvalue weighted by Gasteiger charge is 2.30. The van der Waals surface area contributed by atoms with Crippen molar-refractivity contribution in [3.8, 4) is 0 Å². The Bertz CT molecular complexity index is 1870. The average Bonchev–Trinajstić information content (AvgIpc) is 1.27. The fourth-order valence-electron chi connectivity index (χ4n) is 11.7. The number of aliphatic hydroxyl groups excluding tert-OH is 1. The Morgan fingerprint density at radius 2 is 0.531 bits per heavy atom. The largest absolute Gasteiger partial charge is 0.472 e. The zero-order valence-electron chi connectivity index (χ0n) is 62.8. The first-order valence-electron chi connectivity index (χ1n) is 39.9. The topological polar surface area (TPSA) is 237 Å². The molecular weight excluding hydrogens is 1260 g/mol. The van der Waals surface area contributed by atoms with E-state index in [0.29, 0.717) is 31.6 Å². The maximum atomic E-state index is 13.1. The van der Waals surface area contributed by atoms with Gasteiger partial charge >= 0.3 is 39.5 Å². The molecule has 0 aromatic heterocycles. The Morgan fingerprint density at radius 3 is 0.792 bits per heavy atom. The van der Waals surface area contributed by atoms with Crippen molar-refractivity contribution in [3.63, 3.8) is 0 Å². The number of ether oxygens (including phenoxy) is 4. The van der Waals surface area contributed by atoms with Gasteiger partial charge < -0.3 is 33.8 Å². The number of hydrogen-bond donors (Lipinski definition) is 3. The smallest absolute Gasteiger partial charge is 0.462 e. The lowest BCUT2D eigenvalue weighted by molar-refractivity contribution is -0.161. The van der Waals surface area contributed by atoms with E-state index in [1.807, 2.05) is 0 Å². The molecular formula is C77H150O17P2. The second-order valence-corrected chi connectivity index (χ2v) is 31.8. The number of unbranched alkanes of at least 4 members (excludes halogenated alkanes) is 42. The Balaban J connectivity index is 5.20. The van der Waals surface area contributed by atoms with Crippen LogP contribution in [0.2, 0.25) is 0 Å². The molecule has 0 amide bonds. The lowest BCUT2D eigenvalue weighted by Crippen LogP contribution is -2.30. The first-order valence-corrected chi connectivity index (χ1v) is 42.9. The molecule has 3 N–H and O–H groups in total. The molecule has 3 unspecified atom stereocenters. The van der Waals surface area contributed by atoms with Crippen molar-refractivity contribution >= 4 is 39.5 Å². The van der Waals surface area contributed by atoms with Crippen molar-refractivity contribution in [3.05, 3.63) is 0 Å². The molecule has 96 heavy (non-hydrogen) atoms. The summed E-state index contributed by atoms with van der Waals surface area (Å²) in [6, 6.07) is 0. The molecule has 0 aliphatic rings. The van der Waals surface area contributed by atoms with Crippen LogP contribution in [0.3, 0.4) is 0 Å². The standard InChI is InChI=1S/C77H150O17P2/c1-8-10-11-12-13-14-15-16-17-18-19-20-21-22-23-24-25-32-37-46-53-60-76(81)93-72(64-87-74(79)58-51-44-36-31-27-26-30-35-43-50-57-70(7)9-2)66-91-95(83,84)89-62-71(78)63-90-96(85,86)92-67-73(65-88-75(80)59-52-45-40-39-42-49-56-69(5)6)94-77(82)61-54-47-38-33-28-29-34-41-48-55-68(3)4/h68-73,78H,8-67H2,1-7H3,(H,83,84)(H,85,86)/t70?,71-,72-,73-/m1/s1. The summed E-state index contributed by atoms with van der Waals surface area (Å²) in [7, 11) is -9.91. The quantitative estimate of drug-likeness (QED) is 0.0222. The van der Waals surface area contributed by atoms with Crippen molar-refractivity contribution in [1.82, 2.24) is 0 Å². The van der Waals surface area contributed by atoms with E-state index >= 15 is 0 Å². The van der Waals surface area contributed by atoms with Gasteiger partial charge in [-0.05, 0) is 43.4 Å². The van der Waals surface area contributed by atoms with Gasteiger partial charge in [-0.1, -0.05) is 344 Å². The molecule has 17 nitrogen and oxygen atoms in total. The van der Waals surface area contributed by atoms with Gasteiger partial charge in [0.25, 0.3) is 0 Å². The van der Waals surface area contributed by atoms with Crippen LogP contribution in [-0.4, -0.2) is 96.7 Å². The third-order valence-electron chi connectivity index (χ3n) is 18.2. The summed E-state index contributed by atoms with van der Waals surface area (Å²) in [5.74, 6) is 0.104. The van der Waals surface area contributed by atoms with Gasteiger partial charge in [0.2, 0.25) is 0 Å². The molecule has 0 bridgehead atoms. The van der Waals surface area contributed by atoms with Crippen LogP contribution in [0.4, 0.5) is 0 Å². The number of esters is 4. The van der Waals surface area contributed by atoms with Crippen LogP contribution in [0.5, 0.6) is 0 Å². The summed E-state index contributed by atoms with van der Waals surface area (Å²) in [5.41, 5.74) is 0. The third-order valence-corrected chi connectivity index (χ3v) is 20.1. The van der Waals surface area contributed by atoms with Gasteiger partial charge in [0.15, 0.2) is 12.2 Å².